The van der Waals surface area contributed by atoms with E-state index in [1.165, 1.54) is 29.3 Å². The Bertz CT molecular complexity index is 1090. The van der Waals surface area contributed by atoms with Crippen LogP contribution in [0.5, 0.6) is 5.75 Å². The number of hydrazone groups is 1. The lowest BCUT2D eigenvalue weighted by atomic mass is 10.3. The van der Waals surface area contributed by atoms with Gasteiger partial charge < -0.3 is 14.8 Å². The maximum Gasteiger partial charge on any atom is 0.573 e. The Balaban J connectivity index is 1.45. The predicted octanol–water partition coefficient (Wildman–Crippen LogP) is 4.12. The van der Waals surface area contributed by atoms with E-state index in [4.69, 9.17) is 4.74 Å². The molecule has 8 nitrogen and oxygen atoms in total. The van der Waals surface area contributed by atoms with Gasteiger partial charge in [0.1, 0.15) is 17.3 Å². The average Bonchev–Trinajstić information content (AvgIpc) is 3.37. The van der Waals surface area contributed by atoms with Crippen LogP contribution in [0.4, 0.5) is 24.7 Å². The van der Waals surface area contributed by atoms with Crippen molar-refractivity contribution >= 4 is 17.4 Å². The third-order valence-corrected chi connectivity index (χ3v) is 4.62. The first kappa shape index (κ1) is 21.5. The minimum Gasteiger partial charge on any atom is -0.452 e. The molecule has 0 saturated heterocycles. The molecule has 0 spiro atoms. The van der Waals surface area contributed by atoms with Gasteiger partial charge in [-0.15, -0.1) is 18.3 Å². The van der Waals surface area contributed by atoms with Gasteiger partial charge in [-0.2, -0.15) is 5.10 Å². The number of rotatable bonds is 7. The molecule has 0 saturated carbocycles. The molecule has 0 bridgehead atoms. The quantitative estimate of drug-likeness (QED) is 0.588. The van der Waals surface area contributed by atoms with E-state index in [-0.39, 0.29) is 12.5 Å². The van der Waals surface area contributed by atoms with Crippen molar-refractivity contribution in [3.8, 4) is 5.75 Å². The van der Waals surface area contributed by atoms with E-state index < -0.39 is 6.36 Å². The molecule has 32 heavy (non-hydrogen) atoms. The number of benzene rings is 1. The molecule has 1 aliphatic rings. The Labute approximate surface area is 182 Å². The topological polar surface area (TPSA) is 76.8 Å². The summed E-state index contributed by atoms with van der Waals surface area (Å²) in [7, 11) is 0. The molecule has 2 aromatic heterocycles. The van der Waals surface area contributed by atoms with Gasteiger partial charge in [-0.05, 0) is 55.8 Å². The summed E-state index contributed by atoms with van der Waals surface area (Å²) in [5.74, 6) is 0.858. The van der Waals surface area contributed by atoms with Crippen LogP contribution in [0.1, 0.15) is 23.9 Å². The van der Waals surface area contributed by atoms with Crippen LogP contribution >= 0.6 is 0 Å². The largest absolute Gasteiger partial charge is 0.573 e. The zero-order chi connectivity index (χ0) is 22.7. The van der Waals surface area contributed by atoms with E-state index in [0.29, 0.717) is 23.8 Å². The number of alkyl halides is 3. The summed E-state index contributed by atoms with van der Waals surface area (Å²) in [5.41, 5.74) is 3.06. The van der Waals surface area contributed by atoms with Gasteiger partial charge in [0.05, 0.1) is 12.2 Å². The van der Waals surface area contributed by atoms with Crippen molar-refractivity contribution in [1.82, 2.24) is 14.8 Å². The van der Waals surface area contributed by atoms with Crippen LogP contribution in [0.25, 0.3) is 0 Å². The highest BCUT2D eigenvalue weighted by molar-refractivity contribution is 5.94. The molecule has 168 valence electrons. The molecular weight excluding hydrogens is 425 g/mol. The minimum absolute atomic E-state index is 0.122. The van der Waals surface area contributed by atoms with Crippen LogP contribution in [-0.2, 0) is 11.3 Å². The molecule has 11 heteroatoms. The van der Waals surface area contributed by atoms with E-state index in [1.54, 1.807) is 6.20 Å². The first-order valence-electron chi connectivity index (χ1n) is 9.89. The minimum atomic E-state index is -4.73. The SMILES string of the molecule is CCNc1ccc(Cn2nc(C3=NN(c4ccc(OC(F)(F)F)cc4)CO3)cc2C)cn1. The number of hydrogen-bond donors (Lipinski definition) is 1. The van der Waals surface area contributed by atoms with Crippen molar-refractivity contribution in [2.45, 2.75) is 26.8 Å². The summed E-state index contributed by atoms with van der Waals surface area (Å²) in [6.45, 7) is 5.41. The Hall–Kier alpha value is -3.76. The van der Waals surface area contributed by atoms with Crippen LogP contribution in [0.3, 0.4) is 0 Å². The molecule has 1 aromatic carbocycles. The van der Waals surface area contributed by atoms with Gasteiger partial charge in [-0.3, -0.25) is 4.68 Å². The molecule has 0 aliphatic carbocycles. The van der Waals surface area contributed by atoms with Crippen molar-refractivity contribution in [2.24, 2.45) is 5.10 Å². The number of anilines is 2. The van der Waals surface area contributed by atoms with Crippen molar-refractivity contribution in [2.75, 3.05) is 23.6 Å². The van der Waals surface area contributed by atoms with E-state index in [0.717, 1.165) is 23.6 Å². The second-order valence-electron chi connectivity index (χ2n) is 7.03. The number of hydrogen-bond acceptors (Lipinski definition) is 7. The second-order valence-corrected chi connectivity index (χ2v) is 7.03. The van der Waals surface area contributed by atoms with Gasteiger partial charge in [0.25, 0.3) is 5.90 Å². The molecule has 4 rings (SSSR count). The predicted molar refractivity (Wildman–Crippen MR) is 113 cm³/mol. The Morgan fingerprint density at radius 1 is 1.16 bits per heavy atom. The van der Waals surface area contributed by atoms with Crippen LogP contribution in [0, 0.1) is 6.92 Å². The summed E-state index contributed by atoms with van der Waals surface area (Å²) in [4.78, 5) is 4.37. The molecule has 0 amide bonds. The zero-order valence-electron chi connectivity index (χ0n) is 17.4. The molecule has 0 atom stereocenters. The Morgan fingerprint density at radius 3 is 2.59 bits per heavy atom. The van der Waals surface area contributed by atoms with Crippen LogP contribution < -0.4 is 15.1 Å². The summed E-state index contributed by atoms with van der Waals surface area (Å²) in [5, 5.41) is 13.7. The molecular formula is C21H21F3N6O2. The molecule has 0 fully saturated rings. The summed E-state index contributed by atoms with van der Waals surface area (Å²) >= 11 is 0. The lowest BCUT2D eigenvalue weighted by Gasteiger charge is -2.13. The van der Waals surface area contributed by atoms with Crippen molar-refractivity contribution in [3.05, 3.63) is 65.6 Å². The third kappa shape index (κ3) is 5.10. The lowest BCUT2D eigenvalue weighted by Crippen LogP contribution is -2.17. The third-order valence-electron chi connectivity index (χ3n) is 4.62. The van der Waals surface area contributed by atoms with E-state index in [1.807, 2.05) is 36.7 Å². The Kier molecular flexibility index (Phi) is 5.89. The summed E-state index contributed by atoms with van der Waals surface area (Å²) in [6, 6.07) is 11.2. The number of nitrogens with one attached hydrogen (secondary N) is 1. The van der Waals surface area contributed by atoms with Crippen LogP contribution in [0.15, 0.2) is 53.8 Å². The van der Waals surface area contributed by atoms with Gasteiger partial charge in [-0.25, -0.2) is 9.99 Å². The van der Waals surface area contributed by atoms with Gasteiger partial charge in [0, 0.05) is 18.4 Å². The molecule has 3 heterocycles. The van der Waals surface area contributed by atoms with Gasteiger partial charge in [-0.1, -0.05) is 6.07 Å². The van der Waals surface area contributed by atoms with Crippen molar-refractivity contribution in [1.29, 1.82) is 0 Å². The first-order chi connectivity index (χ1) is 15.3. The lowest BCUT2D eigenvalue weighted by molar-refractivity contribution is -0.274. The summed E-state index contributed by atoms with van der Waals surface area (Å²) < 4.78 is 48.3. The number of nitrogens with zero attached hydrogens (tertiary/aromatic N) is 5. The van der Waals surface area contributed by atoms with E-state index in [9.17, 15) is 13.2 Å². The maximum atomic E-state index is 12.3. The first-order valence-corrected chi connectivity index (χ1v) is 9.89. The van der Waals surface area contributed by atoms with E-state index >= 15 is 0 Å². The van der Waals surface area contributed by atoms with E-state index in [2.05, 4.69) is 25.2 Å². The van der Waals surface area contributed by atoms with Gasteiger partial charge >= 0.3 is 6.36 Å². The smallest absolute Gasteiger partial charge is 0.452 e. The Morgan fingerprint density at radius 2 is 1.94 bits per heavy atom. The molecule has 3 aromatic rings. The normalized spacial score (nSPS) is 13.7. The highest BCUT2D eigenvalue weighted by Crippen LogP contribution is 2.27. The number of halogens is 3. The molecule has 1 aliphatic heterocycles. The molecule has 0 radical (unpaired) electrons. The molecule has 0 unspecified atom stereocenters. The average molecular weight is 446 g/mol. The highest BCUT2D eigenvalue weighted by Gasteiger charge is 2.31. The number of aryl methyl sites for hydroxylation is 1. The maximum absolute atomic E-state index is 12.3. The number of pyridine rings is 1. The van der Waals surface area contributed by atoms with Crippen molar-refractivity contribution in [3.63, 3.8) is 0 Å². The standard InChI is InChI=1S/C21H21F3N6O2/c1-3-25-19-9-4-15(11-26-19)12-29-14(2)10-18(27-29)20-28-30(13-31-20)16-5-7-17(8-6-16)32-21(22,23)24/h4-11H,3,12-13H2,1-2H3,(H,25,26). The second kappa shape index (κ2) is 8.77. The highest BCUT2D eigenvalue weighted by atomic mass is 19.4. The number of aromatic nitrogens is 3. The fraction of sp³-hybridized carbons (Fsp3) is 0.286. The summed E-state index contributed by atoms with van der Waals surface area (Å²) in [6.07, 6.45) is -2.93. The van der Waals surface area contributed by atoms with Crippen molar-refractivity contribution < 1.29 is 22.6 Å². The van der Waals surface area contributed by atoms with Crippen LogP contribution in [0.2, 0.25) is 0 Å². The van der Waals surface area contributed by atoms with Gasteiger partial charge in [0.2, 0.25) is 0 Å². The monoisotopic (exact) mass is 446 g/mol. The fourth-order valence-electron chi connectivity index (χ4n) is 3.12. The zero-order valence-corrected chi connectivity index (χ0v) is 17.4. The van der Waals surface area contributed by atoms with Gasteiger partial charge in [0.15, 0.2) is 6.73 Å². The number of ether oxygens (including phenoxy) is 2. The molecule has 1 N–H and O–H groups in total. The fourth-order valence-corrected chi connectivity index (χ4v) is 3.12. The van der Waals surface area contributed by atoms with Crippen LogP contribution in [-0.4, -0.2) is 40.3 Å².